The van der Waals surface area contributed by atoms with Gasteiger partial charge in [0.25, 0.3) is 0 Å². The van der Waals surface area contributed by atoms with Gasteiger partial charge >= 0.3 is 12.3 Å². The number of rotatable bonds is 7. The molecule has 0 N–H and O–H groups in total. The first-order chi connectivity index (χ1) is 27.1. The number of likely N-dealkylation sites (tertiary alicyclic amines) is 2. The van der Waals surface area contributed by atoms with Crippen molar-refractivity contribution in [2.75, 3.05) is 64.4 Å². The number of anilines is 1. The van der Waals surface area contributed by atoms with Crippen molar-refractivity contribution < 1.29 is 32.2 Å². The monoisotopic (exact) mass is 789 g/mol. The number of amides is 1. The summed E-state index contributed by atoms with van der Waals surface area (Å²) in [6.45, 7) is 15.2. The van der Waals surface area contributed by atoms with Gasteiger partial charge in [-0.2, -0.15) is 18.3 Å². The maximum atomic E-state index is 14.2. The number of piperidine rings is 2. The molecule has 6 heterocycles. The van der Waals surface area contributed by atoms with E-state index in [1.807, 2.05) is 50.6 Å². The summed E-state index contributed by atoms with van der Waals surface area (Å²) in [7, 11) is 2.09. The average Bonchev–Trinajstić information content (AvgIpc) is 3.59. The van der Waals surface area contributed by atoms with Gasteiger partial charge in [-0.1, -0.05) is 18.7 Å². The molecule has 0 aliphatic carbocycles. The Morgan fingerprint density at radius 3 is 2.40 bits per heavy atom. The topological polar surface area (TPSA) is 98.1 Å². The van der Waals surface area contributed by atoms with Gasteiger partial charge in [0, 0.05) is 60.5 Å². The largest absolute Gasteiger partial charge is 0.481 e. The Labute approximate surface area is 332 Å². The molecule has 11 nitrogen and oxygen atoms in total. The van der Waals surface area contributed by atoms with Crippen molar-refractivity contribution in [1.29, 1.82) is 0 Å². The number of hydrogen-bond donors (Lipinski definition) is 0. The second-order valence-electron chi connectivity index (χ2n) is 17.6. The number of carbonyl (C=O) groups excluding carboxylic acids is 1. The Morgan fingerprint density at radius 1 is 1.02 bits per heavy atom. The lowest BCUT2D eigenvalue weighted by Crippen LogP contribution is -2.62. The third-order valence-electron chi connectivity index (χ3n) is 12.2. The Kier molecular flexibility index (Phi) is 10.4. The Bertz CT molecular complexity index is 2150. The highest BCUT2D eigenvalue weighted by molar-refractivity contribution is 6.07. The summed E-state index contributed by atoms with van der Waals surface area (Å²) >= 11 is 0. The second-order valence-corrected chi connectivity index (χ2v) is 17.6. The molecule has 1 unspecified atom stereocenters. The van der Waals surface area contributed by atoms with E-state index >= 15 is 0 Å². The standard InChI is InChI=1S/C43H54F3N7O4/c1-7-28-22-30-36(37(56-26-43(44,45)46)35(28)34-27(2)11-12-32-31(34)23-47-53(32)33-10-8-9-21-55-33)48-38(29-13-17-50(6)18-14-29)49-39(30)51-19-15-42(16-20-51)24-52(25-42)40(54)57-41(3,4)5/h7,11-12,22-23,29,33H,1,8-10,13-21,24-26H2,2-6H3. The highest BCUT2D eigenvalue weighted by Gasteiger charge is 2.48. The van der Waals surface area contributed by atoms with Gasteiger partial charge in [-0.15, -0.1) is 0 Å². The van der Waals surface area contributed by atoms with Crippen molar-refractivity contribution in [3.63, 3.8) is 0 Å². The van der Waals surface area contributed by atoms with Crippen LogP contribution in [0.25, 0.3) is 39.0 Å². The molecule has 1 atom stereocenters. The lowest BCUT2D eigenvalue weighted by molar-refractivity contribution is -0.153. The Morgan fingerprint density at radius 2 is 1.75 bits per heavy atom. The minimum absolute atomic E-state index is 0.0171. The number of hydrogen-bond acceptors (Lipinski definition) is 9. The van der Waals surface area contributed by atoms with Gasteiger partial charge < -0.3 is 28.9 Å². The van der Waals surface area contributed by atoms with Gasteiger partial charge in [0.1, 0.15) is 22.8 Å². The summed E-state index contributed by atoms with van der Waals surface area (Å²) in [5, 5.41) is 6.18. The molecule has 1 spiro atoms. The van der Waals surface area contributed by atoms with E-state index in [4.69, 9.17) is 29.3 Å². The van der Waals surface area contributed by atoms with Gasteiger partial charge in [-0.3, -0.25) is 0 Å². The first kappa shape index (κ1) is 39.4. The fraction of sp³-hybridized carbons (Fsp3) is 0.581. The first-order valence-corrected chi connectivity index (χ1v) is 20.3. The van der Waals surface area contributed by atoms with Crippen LogP contribution >= 0.6 is 0 Å². The maximum Gasteiger partial charge on any atom is 0.422 e. The van der Waals surface area contributed by atoms with E-state index in [2.05, 4.69) is 23.4 Å². The zero-order valence-electron chi connectivity index (χ0n) is 33.8. The summed E-state index contributed by atoms with van der Waals surface area (Å²) in [6, 6.07) is 5.95. The molecule has 4 aromatic rings. The summed E-state index contributed by atoms with van der Waals surface area (Å²) in [5.74, 6) is 1.41. The minimum Gasteiger partial charge on any atom is -0.481 e. The van der Waals surface area contributed by atoms with Crippen molar-refractivity contribution in [3.05, 3.63) is 47.9 Å². The number of carbonyl (C=O) groups is 1. The number of alkyl halides is 3. The number of aryl methyl sites for hydroxylation is 1. The van der Waals surface area contributed by atoms with Crippen LogP contribution in [0.2, 0.25) is 0 Å². The lowest BCUT2D eigenvalue weighted by Gasteiger charge is -2.53. The van der Waals surface area contributed by atoms with E-state index in [0.29, 0.717) is 66.5 Å². The van der Waals surface area contributed by atoms with E-state index in [-0.39, 0.29) is 29.4 Å². The highest BCUT2D eigenvalue weighted by atomic mass is 19.4. The summed E-state index contributed by atoms with van der Waals surface area (Å²) < 4.78 is 62.2. The zero-order chi connectivity index (χ0) is 40.3. The number of benzene rings is 2. The molecule has 306 valence electrons. The molecule has 2 aromatic carbocycles. The molecule has 4 fully saturated rings. The Balaban J connectivity index is 1.25. The molecule has 4 saturated heterocycles. The molecule has 2 aromatic heterocycles. The van der Waals surface area contributed by atoms with Crippen LogP contribution < -0.4 is 9.64 Å². The second kappa shape index (κ2) is 15.1. The molecule has 0 radical (unpaired) electrons. The predicted octanol–water partition coefficient (Wildman–Crippen LogP) is 8.88. The molecule has 0 saturated carbocycles. The van der Waals surface area contributed by atoms with Gasteiger partial charge in [-0.25, -0.2) is 19.4 Å². The molecule has 1 amide bonds. The molecule has 0 bridgehead atoms. The summed E-state index contributed by atoms with van der Waals surface area (Å²) in [6.07, 6.45) is 4.54. The zero-order valence-corrected chi connectivity index (χ0v) is 33.8. The number of halogens is 3. The minimum atomic E-state index is -4.60. The lowest BCUT2D eigenvalue weighted by atomic mass is 9.72. The number of nitrogens with zero attached hydrogens (tertiary/aromatic N) is 7. The van der Waals surface area contributed by atoms with Crippen LogP contribution in [0.3, 0.4) is 0 Å². The fourth-order valence-electron chi connectivity index (χ4n) is 9.10. The van der Waals surface area contributed by atoms with Crippen molar-refractivity contribution in [2.45, 2.75) is 96.6 Å². The maximum absolute atomic E-state index is 14.2. The van der Waals surface area contributed by atoms with Gasteiger partial charge in [0.2, 0.25) is 0 Å². The van der Waals surface area contributed by atoms with Crippen LogP contribution in [0.5, 0.6) is 5.75 Å². The normalized spacial score (nSPS) is 20.9. The van der Waals surface area contributed by atoms with Crippen molar-refractivity contribution in [2.24, 2.45) is 5.41 Å². The first-order valence-electron chi connectivity index (χ1n) is 20.3. The van der Waals surface area contributed by atoms with Crippen LogP contribution in [0, 0.1) is 12.3 Å². The molecule has 8 rings (SSSR count). The molecule has 57 heavy (non-hydrogen) atoms. The van der Waals surface area contributed by atoms with Gasteiger partial charge in [0.15, 0.2) is 18.6 Å². The Hall–Kier alpha value is -4.43. The summed E-state index contributed by atoms with van der Waals surface area (Å²) in [5.41, 5.74) is 3.32. The number of ether oxygens (including phenoxy) is 3. The fourth-order valence-corrected chi connectivity index (χ4v) is 9.10. The molecular weight excluding hydrogens is 736 g/mol. The third kappa shape index (κ3) is 7.91. The van der Waals surface area contributed by atoms with E-state index in [0.717, 1.165) is 80.1 Å². The van der Waals surface area contributed by atoms with Crippen LogP contribution in [0.15, 0.2) is 31.0 Å². The van der Waals surface area contributed by atoms with Gasteiger partial charge in [-0.05, 0) is 122 Å². The van der Waals surface area contributed by atoms with Gasteiger partial charge in [0.05, 0.1) is 11.7 Å². The molecular formula is C43H54F3N7O4. The summed E-state index contributed by atoms with van der Waals surface area (Å²) in [4.78, 5) is 29.5. The van der Waals surface area contributed by atoms with E-state index in [9.17, 15) is 18.0 Å². The van der Waals surface area contributed by atoms with E-state index in [1.54, 1.807) is 17.2 Å². The quantitative estimate of drug-likeness (QED) is 0.182. The van der Waals surface area contributed by atoms with E-state index < -0.39 is 18.4 Å². The average molecular weight is 790 g/mol. The predicted molar refractivity (Wildman–Crippen MR) is 215 cm³/mol. The van der Waals surface area contributed by atoms with Crippen molar-refractivity contribution >= 4 is 39.8 Å². The molecule has 4 aliphatic rings. The highest BCUT2D eigenvalue weighted by Crippen LogP contribution is 2.48. The molecule has 14 heteroatoms. The van der Waals surface area contributed by atoms with E-state index in [1.165, 1.54) is 0 Å². The third-order valence-corrected chi connectivity index (χ3v) is 12.2. The van der Waals surface area contributed by atoms with Crippen molar-refractivity contribution in [3.8, 4) is 16.9 Å². The van der Waals surface area contributed by atoms with Crippen LogP contribution in [-0.4, -0.2) is 107 Å². The van der Waals surface area contributed by atoms with Crippen LogP contribution in [0.4, 0.5) is 23.8 Å². The number of aromatic nitrogens is 4. The smallest absolute Gasteiger partial charge is 0.422 e. The van der Waals surface area contributed by atoms with Crippen LogP contribution in [-0.2, 0) is 9.47 Å². The molecule has 4 aliphatic heterocycles. The van der Waals surface area contributed by atoms with Crippen LogP contribution in [0.1, 0.15) is 94.8 Å². The number of fused-ring (bicyclic) bond motifs is 2. The van der Waals surface area contributed by atoms with Crippen molar-refractivity contribution in [1.82, 2.24) is 29.5 Å². The SMILES string of the molecule is C=Cc1cc2c(N3CCC4(CC3)CN(C(=O)OC(C)(C)C)C4)nc(C3CCN(C)CC3)nc2c(OCC(F)(F)F)c1-c1c(C)ccc2c1cnn2C1CCCCO1.